The Bertz CT molecular complexity index is 2650. The number of nitrogens with one attached hydrogen (secondary N) is 8. The zero-order valence-electron chi connectivity index (χ0n) is 41.2. The van der Waals surface area contributed by atoms with Crippen LogP contribution in [0.1, 0.15) is 57.2 Å². The number of hydrogen-bond donors (Lipinski definition) is 13. The van der Waals surface area contributed by atoms with Crippen LogP contribution >= 0.6 is 21.6 Å². The van der Waals surface area contributed by atoms with Gasteiger partial charge in [0.25, 0.3) is 0 Å². The monoisotopic (exact) mass is 1060 g/mol. The summed E-state index contributed by atoms with van der Waals surface area (Å²) >= 11 is 0. The van der Waals surface area contributed by atoms with E-state index in [1.165, 1.54) is 24.3 Å². The molecule has 0 unspecified atom stereocenters. The Labute approximate surface area is 434 Å². The number of carbonyl (C=O) groups excluding carboxylic acids is 7. The summed E-state index contributed by atoms with van der Waals surface area (Å²) in [7, 11) is 1.90. The number of para-hydroxylation sites is 1. The number of aromatic amines is 1. The molecule has 24 heteroatoms. The van der Waals surface area contributed by atoms with E-state index in [1.54, 1.807) is 70.3 Å². The Balaban J connectivity index is 1.65. The van der Waals surface area contributed by atoms with Gasteiger partial charge in [-0.2, -0.15) is 0 Å². The molecule has 0 saturated carbocycles. The Hall–Kier alpha value is -7.15. The molecule has 7 amide bonds. The molecule has 1 aliphatic rings. The summed E-state index contributed by atoms with van der Waals surface area (Å²) in [6.45, 7) is 6.10. The molecule has 1 saturated heterocycles. The molecular weight excluding hydrogens is 997 g/mol. The standard InChI is InChI=1S/C50H64N10O12S2/c1-26(2)40(49(71)72)59-47(69)38-25-73-74-50(3,4)41(60-42(64)32(52)23-39(62)63)48(70)57-36(20-27-10-6-5-7-11-27)44(66)56-37(22-29-24-53-33-13-9-8-12-31(29)33)46(68)54-34(18-19-51)43(65)55-35(45(67)58-38)21-28-14-16-30(61)17-15-28/h5-17,24,26,32,34-38,40-41,53,61H,18-23,25,51-52H2,1-4H3,(H,54,68)(H,55,65)(H,56,66)(H,57,70)(H,58,67)(H,59,69)(H,60,64)(H,62,63)(H,71,72)/t32-,34-,35-,36-,37+,38-,40-,41+/m0/s1. The smallest absolute Gasteiger partial charge is 0.326 e. The molecule has 5 rings (SSSR count). The van der Waals surface area contributed by atoms with Crippen LogP contribution in [0.4, 0.5) is 0 Å². The van der Waals surface area contributed by atoms with Gasteiger partial charge >= 0.3 is 11.9 Å². The third-order valence-electron chi connectivity index (χ3n) is 12.1. The van der Waals surface area contributed by atoms with Gasteiger partial charge in [0.15, 0.2) is 0 Å². The molecule has 22 nitrogen and oxygen atoms in total. The van der Waals surface area contributed by atoms with Crippen molar-refractivity contribution in [2.45, 2.75) is 113 Å². The van der Waals surface area contributed by atoms with E-state index in [-0.39, 0.29) is 43.7 Å². The van der Waals surface area contributed by atoms with Gasteiger partial charge in [0.1, 0.15) is 48.0 Å². The van der Waals surface area contributed by atoms with Crippen LogP contribution in [0.2, 0.25) is 0 Å². The van der Waals surface area contributed by atoms with Crippen molar-refractivity contribution in [3.05, 3.63) is 102 Å². The molecule has 398 valence electrons. The Morgan fingerprint density at radius 3 is 1.86 bits per heavy atom. The number of phenolic OH excluding ortho intramolecular Hbond substituents is 1. The van der Waals surface area contributed by atoms with Gasteiger partial charge in [-0.25, -0.2) is 4.79 Å². The van der Waals surface area contributed by atoms with Crippen LogP contribution in [-0.2, 0) is 62.4 Å². The first-order valence-electron chi connectivity index (χ1n) is 23.8. The van der Waals surface area contributed by atoms with Crippen LogP contribution in [0.3, 0.4) is 0 Å². The zero-order chi connectivity index (χ0) is 54.3. The number of hydrogen-bond acceptors (Lipinski definition) is 14. The van der Waals surface area contributed by atoms with Crippen molar-refractivity contribution in [1.29, 1.82) is 0 Å². The molecule has 1 aliphatic heterocycles. The van der Waals surface area contributed by atoms with Gasteiger partial charge in [-0.1, -0.05) is 96.1 Å². The van der Waals surface area contributed by atoms with Crippen molar-refractivity contribution in [1.82, 2.24) is 42.2 Å². The van der Waals surface area contributed by atoms with Crippen molar-refractivity contribution >= 4 is 85.8 Å². The summed E-state index contributed by atoms with van der Waals surface area (Å²) in [6, 6.07) is 9.70. The van der Waals surface area contributed by atoms with E-state index in [4.69, 9.17) is 11.5 Å². The summed E-state index contributed by atoms with van der Waals surface area (Å²) in [5, 5.41) is 48.8. The number of rotatable bonds is 16. The number of aliphatic carboxylic acids is 2. The maximum Gasteiger partial charge on any atom is 0.326 e. The van der Waals surface area contributed by atoms with Crippen LogP contribution < -0.4 is 48.7 Å². The van der Waals surface area contributed by atoms with Crippen LogP contribution in [0.25, 0.3) is 10.9 Å². The number of carbonyl (C=O) groups is 9. The van der Waals surface area contributed by atoms with Gasteiger partial charge in [0, 0.05) is 46.9 Å². The summed E-state index contributed by atoms with van der Waals surface area (Å²) in [6.07, 6.45) is 0.226. The second-order valence-corrected chi connectivity index (χ2v) is 21.7. The normalized spacial score (nSPS) is 22.2. The van der Waals surface area contributed by atoms with E-state index in [1.807, 2.05) is 18.2 Å². The molecule has 8 atom stereocenters. The maximum absolute atomic E-state index is 14.8. The Morgan fingerprint density at radius 2 is 1.27 bits per heavy atom. The lowest BCUT2D eigenvalue weighted by molar-refractivity contribution is -0.143. The molecule has 2 heterocycles. The minimum absolute atomic E-state index is 0.0837. The number of benzene rings is 3. The number of aromatic hydroxyl groups is 1. The average Bonchev–Trinajstić information content (AvgIpc) is 3.75. The largest absolute Gasteiger partial charge is 0.508 e. The number of carboxylic acids is 2. The third kappa shape index (κ3) is 16.4. The summed E-state index contributed by atoms with van der Waals surface area (Å²) in [4.78, 5) is 128. The van der Waals surface area contributed by atoms with E-state index in [9.17, 15) is 58.5 Å². The fraction of sp³-hybridized carbons (Fsp3) is 0.420. The molecule has 0 spiro atoms. The third-order valence-corrected chi connectivity index (χ3v) is 15.4. The lowest BCUT2D eigenvalue weighted by Gasteiger charge is -2.35. The highest BCUT2D eigenvalue weighted by Gasteiger charge is 2.42. The first-order chi connectivity index (χ1) is 35.1. The van der Waals surface area contributed by atoms with E-state index in [0.717, 1.165) is 32.5 Å². The van der Waals surface area contributed by atoms with Gasteiger partial charge in [-0.15, -0.1) is 0 Å². The number of aromatic nitrogens is 1. The quantitative estimate of drug-likeness (QED) is 0.0674. The fourth-order valence-electron chi connectivity index (χ4n) is 7.98. The molecule has 1 fully saturated rings. The maximum atomic E-state index is 14.8. The van der Waals surface area contributed by atoms with Gasteiger partial charge in [-0.3, -0.25) is 38.4 Å². The average molecular weight is 1060 g/mol. The fourth-order valence-corrected chi connectivity index (χ4v) is 10.8. The van der Waals surface area contributed by atoms with Crippen molar-refractivity contribution in [3.8, 4) is 5.75 Å². The summed E-state index contributed by atoms with van der Waals surface area (Å²) in [5.74, 6) is -10.1. The zero-order valence-corrected chi connectivity index (χ0v) is 42.8. The predicted octanol–water partition coefficient (Wildman–Crippen LogP) is 0.360. The Morgan fingerprint density at radius 1 is 0.730 bits per heavy atom. The molecule has 74 heavy (non-hydrogen) atoms. The molecule has 4 aromatic rings. The summed E-state index contributed by atoms with van der Waals surface area (Å²) in [5.41, 5.74) is 14.3. The molecule has 0 radical (unpaired) electrons. The molecule has 1 aromatic heterocycles. The van der Waals surface area contributed by atoms with Gasteiger partial charge in [0.05, 0.1) is 12.5 Å². The second kappa shape index (κ2) is 26.7. The van der Waals surface area contributed by atoms with Crippen LogP contribution in [0, 0.1) is 5.92 Å². The number of carboxylic acid groups (broad SMARTS) is 2. The molecule has 15 N–H and O–H groups in total. The predicted molar refractivity (Wildman–Crippen MR) is 278 cm³/mol. The van der Waals surface area contributed by atoms with Crippen LogP contribution in [0.5, 0.6) is 5.75 Å². The topological polar surface area (TPSA) is 366 Å². The minimum atomic E-state index is -1.62. The molecule has 3 aromatic carbocycles. The molecular formula is C50H64N10O12S2. The Kier molecular flexibility index (Phi) is 20.8. The molecule has 0 bridgehead atoms. The van der Waals surface area contributed by atoms with E-state index in [0.29, 0.717) is 16.7 Å². The van der Waals surface area contributed by atoms with Gasteiger partial charge in [0.2, 0.25) is 41.4 Å². The van der Waals surface area contributed by atoms with E-state index < -0.39 is 119 Å². The van der Waals surface area contributed by atoms with E-state index >= 15 is 0 Å². The highest BCUT2D eigenvalue weighted by atomic mass is 33.1. The van der Waals surface area contributed by atoms with Gasteiger partial charge in [-0.05, 0) is 67.6 Å². The SMILES string of the molecule is CC(C)[C@H](NC(=O)[C@@H]1CSSC(C)(C)[C@H](NC(=O)[C@@H](N)CC(=O)O)C(=O)N[C@@H](Cc2ccccc2)C(=O)N[C@H](Cc2c[nH]c3ccccc23)C(=O)N[C@@H](CCN)C(=O)N[C@@H](Cc2ccc(O)cc2)C(=O)N1)C(=O)O. The van der Waals surface area contributed by atoms with Crippen molar-refractivity contribution < 1.29 is 58.5 Å². The van der Waals surface area contributed by atoms with E-state index in [2.05, 4.69) is 42.2 Å². The van der Waals surface area contributed by atoms with Crippen LogP contribution in [0.15, 0.2) is 85.1 Å². The first-order valence-corrected chi connectivity index (χ1v) is 26.1. The molecule has 0 aliphatic carbocycles. The van der Waals surface area contributed by atoms with Crippen molar-refractivity contribution in [2.24, 2.45) is 17.4 Å². The number of H-pyrrole nitrogens is 1. The number of nitrogens with two attached hydrogens (primary N) is 2. The minimum Gasteiger partial charge on any atom is -0.508 e. The van der Waals surface area contributed by atoms with Gasteiger partial charge < -0.3 is 69.0 Å². The number of fused-ring (bicyclic) bond motifs is 1. The lowest BCUT2D eigenvalue weighted by Crippen LogP contribution is -2.63. The summed E-state index contributed by atoms with van der Waals surface area (Å²) < 4.78 is -1.42. The first kappa shape index (κ1) is 57.7. The van der Waals surface area contributed by atoms with Crippen molar-refractivity contribution in [2.75, 3.05) is 12.3 Å². The highest BCUT2D eigenvalue weighted by Crippen LogP contribution is 2.39. The van der Waals surface area contributed by atoms with Crippen molar-refractivity contribution in [3.63, 3.8) is 0 Å². The number of phenols is 1. The lowest BCUT2D eigenvalue weighted by atomic mass is 9.98. The second-order valence-electron chi connectivity index (χ2n) is 18.7. The van der Waals surface area contributed by atoms with Crippen LogP contribution in [-0.4, -0.2) is 139 Å². The number of amides is 7. The highest BCUT2D eigenvalue weighted by molar-refractivity contribution is 8.77.